The van der Waals surface area contributed by atoms with Crippen molar-refractivity contribution in [3.05, 3.63) is 0 Å². The van der Waals surface area contributed by atoms with E-state index >= 15 is 0 Å². The number of halogens is 1. The minimum atomic E-state index is -3.32. The molecular weight excluding hydrogens is 276 g/mol. The summed E-state index contributed by atoms with van der Waals surface area (Å²) in [7, 11) is -3.32. The summed E-state index contributed by atoms with van der Waals surface area (Å²) in [6.45, 7) is 1.96. The third-order valence-electron chi connectivity index (χ3n) is 3.55. The normalized spacial score (nSPS) is 25.9. The Balaban J connectivity index is 0.00000289. The Morgan fingerprint density at radius 2 is 1.94 bits per heavy atom. The van der Waals surface area contributed by atoms with Gasteiger partial charge in [0.2, 0.25) is 5.91 Å². The number of amides is 1. The monoisotopic (exact) mass is 298 g/mol. The van der Waals surface area contributed by atoms with Crippen molar-refractivity contribution in [2.75, 3.05) is 12.8 Å². The highest BCUT2D eigenvalue weighted by Crippen LogP contribution is 2.23. The summed E-state index contributed by atoms with van der Waals surface area (Å²) in [5, 5.41) is 1.84. The van der Waals surface area contributed by atoms with Crippen LogP contribution in [0, 0.1) is 5.92 Å². The van der Waals surface area contributed by atoms with Crippen LogP contribution in [0.2, 0.25) is 0 Å². The molecule has 0 radical (unpaired) electrons. The molecule has 18 heavy (non-hydrogen) atoms. The van der Waals surface area contributed by atoms with Gasteiger partial charge in [0.05, 0.1) is 0 Å². The average molecular weight is 299 g/mol. The van der Waals surface area contributed by atoms with Gasteiger partial charge in [0.1, 0.15) is 5.25 Å². The lowest BCUT2D eigenvalue weighted by molar-refractivity contribution is -0.121. The van der Waals surface area contributed by atoms with Crippen molar-refractivity contribution in [1.82, 2.24) is 5.32 Å². The van der Waals surface area contributed by atoms with Gasteiger partial charge in [0, 0.05) is 12.3 Å². The summed E-state index contributed by atoms with van der Waals surface area (Å²) in [5.41, 5.74) is 5.66. The smallest absolute Gasteiger partial charge is 0.238 e. The van der Waals surface area contributed by atoms with Crippen molar-refractivity contribution in [3.63, 3.8) is 0 Å². The van der Waals surface area contributed by atoms with E-state index in [1.807, 2.05) is 0 Å². The number of nitrogens with two attached hydrogens (primary N) is 1. The molecule has 0 bridgehead atoms. The number of carbonyl (C=O) groups excluding carboxylic acids is 1. The number of nitrogens with one attached hydrogen (secondary N) is 1. The molecule has 108 valence electrons. The Labute approximate surface area is 115 Å². The van der Waals surface area contributed by atoms with E-state index in [-0.39, 0.29) is 24.4 Å². The molecule has 0 aromatic carbocycles. The molecule has 1 fully saturated rings. The maximum absolute atomic E-state index is 11.8. The molecule has 1 aliphatic carbocycles. The minimum absolute atomic E-state index is 0. The zero-order chi connectivity index (χ0) is 13.1. The van der Waals surface area contributed by atoms with Crippen LogP contribution in [-0.2, 0) is 14.6 Å². The standard InChI is InChI=1S/C11H22N2O3S.ClH/c1-8(17(2,15)16)11(14)13-10-6-4-3-5-9(10)7-12;/h8-10H,3-7,12H2,1-2H3,(H,13,14);1H. The van der Waals surface area contributed by atoms with E-state index in [0.717, 1.165) is 31.9 Å². The first-order valence-electron chi connectivity index (χ1n) is 6.05. The number of sulfone groups is 1. The largest absolute Gasteiger partial charge is 0.352 e. The Kier molecular flexibility index (Phi) is 7.17. The van der Waals surface area contributed by atoms with Crippen LogP contribution in [-0.4, -0.2) is 38.4 Å². The maximum atomic E-state index is 11.8. The van der Waals surface area contributed by atoms with E-state index in [4.69, 9.17) is 5.73 Å². The average Bonchev–Trinajstić information content (AvgIpc) is 2.27. The topological polar surface area (TPSA) is 89.3 Å². The molecule has 0 spiro atoms. The van der Waals surface area contributed by atoms with Crippen molar-refractivity contribution in [2.45, 2.75) is 43.9 Å². The van der Waals surface area contributed by atoms with Crippen molar-refractivity contribution >= 4 is 28.2 Å². The fourth-order valence-electron chi connectivity index (χ4n) is 2.17. The van der Waals surface area contributed by atoms with Crippen molar-refractivity contribution in [3.8, 4) is 0 Å². The van der Waals surface area contributed by atoms with Crippen LogP contribution in [0.15, 0.2) is 0 Å². The molecule has 0 aromatic rings. The second kappa shape index (κ2) is 7.31. The Morgan fingerprint density at radius 1 is 1.39 bits per heavy atom. The zero-order valence-electron chi connectivity index (χ0n) is 10.9. The van der Waals surface area contributed by atoms with Gasteiger partial charge in [0.25, 0.3) is 0 Å². The summed E-state index contributed by atoms with van der Waals surface area (Å²) in [6, 6.07) is 0.0328. The highest BCUT2D eigenvalue weighted by Gasteiger charge is 2.29. The molecule has 7 heteroatoms. The summed E-state index contributed by atoms with van der Waals surface area (Å²) in [4.78, 5) is 11.8. The summed E-state index contributed by atoms with van der Waals surface area (Å²) in [6.07, 6.45) is 5.18. The Bertz CT molecular complexity index is 372. The summed E-state index contributed by atoms with van der Waals surface area (Å²) in [5.74, 6) is -0.127. The molecule has 5 nitrogen and oxygen atoms in total. The highest BCUT2D eigenvalue weighted by atomic mass is 35.5. The maximum Gasteiger partial charge on any atom is 0.238 e. The third kappa shape index (κ3) is 4.74. The number of carbonyl (C=O) groups is 1. The SMILES string of the molecule is CC(C(=O)NC1CCCCC1CN)S(C)(=O)=O.Cl. The van der Waals surface area contributed by atoms with Crippen LogP contribution in [0.4, 0.5) is 0 Å². The van der Waals surface area contributed by atoms with Gasteiger partial charge in [-0.2, -0.15) is 0 Å². The second-order valence-corrected chi connectivity index (χ2v) is 7.23. The van der Waals surface area contributed by atoms with Crippen molar-refractivity contribution < 1.29 is 13.2 Å². The van der Waals surface area contributed by atoms with Gasteiger partial charge < -0.3 is 11.1 Å². The molecule has 1 aliphatic rings. The number of hydrogen-bond acceptors (Lipinski definition) is 4. The van der Waals surface area contributed by atoms with Crippen LogP contribution < -0.4 is 11.1 Å². The van der Waals surface area contributed by atoms with Crippen LogP contribution in [0.1, 0.15) is 32.6 Å². The first-order valence-corrected chi connectivity index (χ1v) is 8.01. The molecule has 1 rings (SSSR count). The van der Waals surface area contributed by atoms with Gasteiger partial charge in [-0.15, -0.1) is 12.4 Å². The van der Waals surface area contributed by atoms with Crippen LogP contribution in [0.5, 0.6) is 0 Å². The molecule has 1 saturated carbocycles. The van der Waals surface area contributed by atoms with Crippen LogP contribution in [0.25, 0.3) is 0 Å². The van der Waals surface area contributed by atoms with Crippen LogP contribution >= 0.6 is 12.4 Å². The quantitative estimate of drug-likeness (QED) is 0.790. The summed E-state index contributed by atoms with van der Waals surface area (Å²) >= 11 is 0. The van der Waals surface area contributed by atoms with Gasteiger partial charge in [-0.1, -0.05) is 12.8 Å². The van der Waals surface area contributed by atoms with Gasteiger partial charge in [-0.05, 0) is 32.2 Å². The first kappa shape index (κ1) is 17.7. The zero-order valence-corrected chi connectivity index (χ0v) is 12.5. The number of rotatable bonds is 4. The fourth-order valence-corrected chi connectivity index (χ4v) is 2.63. The lowest BCUT2D eigenvalue weighted by Gasteiger charge is -2.31. The Morgan fingerprint density at radius 3 is 2.44 bits per heavy atom. The molecule has 1 amide bonds. The molecule has 3 unspecified atom stereocenters. The van der Waals surface area contributed by atoms with Gasteiger partial charge in [0.15, 0.2) is 9.84 Å². The van der Waals surface area contributed by atoms with E-state index < -0.39 is 21.0 Å². The highest BCUT2D eigenvalue weighted by molar-refractivity contribution is 7.92. The van der Waals surface area contributed by atoms with E-state index in [1.165, 1.54) is 6.92 Å². The van der Waals surface area contributed by atoms with Gasteiger partial charge >= 0.3 is 0 Å². The third-order valence-corrected chi connectivity index (χ3v) is 5.05. The summed E-state index contributed by atoms with van der Waals surface area (Å²) < 4.78 is 22.6. The molecular formula is C11H23ClN2O3S. The van der Waals surface area contributed by atoms with E-state index in [0.29, 0.717) is 6.54 Å². The van der Waals surface area contributed by atoms with Crippen molar-refractivity contribution in [1.29, 1.82) is 0 Å². The van der Waals surface area contributed by atoms with Gasteiger partial charge in [-0.25, -0.2) is 8.42 Å². The van der Waals surface area contributed by atoms with E-state index in [2.05, 4.69) is 5.32 Å². The fraction of sp³-hybridized carbons (Fsp3) is 0.909. The van der Waals surface area contributed by atoms with Crippen molar-refractivity contribution in [2.24, 2.45) is 11.7 Å². The van der Waals surface area contributed by atoms with Gasteiger partial charge in [-0.3, -0.25) is 4.79 Å². The first-order chi connectivity index (χ1) is 7.86. The van der Waals surface area contributed by atoms with Crippen LogP contribution in [0.3, 0.4) is 0 Å². The lowest BCUT2D eigenvalue weighted by atomic mass is 9.84. The Hall–Kier alpha value is -0.330. The molecule has 0 aromatic heterocycles. The molecule has 3 atom stereocenters. The van der Waals surface area contributed by atoms with E-state index in [1.54, 1.807) is 0 Å². The van der Waals surface area contributed by atoms with E-state index in [9.17, 15) is 13.2 Å². The number of hydrogen-bond donors (Lipinski definition) is 2. The molecule has 0 saturated heterocycles. The molecule has 3 N–H and O–H groups in total. The minimum Gasteiger partial charge on any atom is -0.352 e. The predicted molar refractivity (Wildman–Crippen MR) is 74.5 cm³/mol. The predicted octanol–water partition coefficient (Wildman–Crippen LogP) is 0.475. The molecule has 0 heterocycles. The second-order valence-electron chi connectivity index (χ2n) is 4.87. The lowest BCUT2D eigenvalue weighted by Crippen LogP contribution is -2.48. The molecule has 0 aliphatic heterocycles.